The first-order chi connectivity index (χ1) is 10.7. The molecule has 0 unspecified atom stereocenters. The molecule has 0 saturated carbocycles. The molecule has 1 rings (SSSR count). The molecule has 6 nitrogen and oxygen atoms in total. The van der Waals surface area contributed by atoms with E-state index in [2.05, 4.69) is 4.74 Å². The molecule has 1 aromatic rings. The number of hydrogen-bond acceptors (Lipinski definition) is 6. The van der Waals surface area contributed by atoms with Crippen LogP contribution in [0.3, 0.4) is 0 Å². The molecule has 0 aromatic heterocycles. The van der Waals surface area contributed by atoms with Gasteiger partial charge < -0.3 is 14.0 Å². The largest absolute Gasteiger partial charge is 0.748 e. The second-order valence-corrected chi connectivity index (χ2v) is 7.34. The van der Waals surface area contributed by atoms with E-state index in [0.717, 1.165) is 12.1 Å². The molecular formula is C14H16F3O6S-. The molecule has 0 fully saturated rings. The average Bonchev–Trinajstić information content (AvgIpc) is 2.33. The number of carbonyl (C=O) groups is 1. The predicted octanol–water partition coefficient (Wildman–Crippen LogP) is 2.58. The molecule has 10 heteroatoms. The zero-order valence-corrected chi connectivity index (χ0v) is 14.0. The normalized spacial score (nSPS) is 12.8. The molecule has 0 bridgehead atoms. The number of benzene rings is 1. The minimum Gasteiger partial charge on any atom is -0.748 e. The number of hydrogen-bond donors (Lipinski definition) is 0. The SMILES string of the molecule is CC(C)(C)Oc1cc(C(=O)OCCS(=O)(=O)[O-])ccc1C(F)(F)F. The van der Waals surface area contributed by atoms with E-state index in [0.29, 0.717) is 6.07 Å². The predicted molar refractivity (Wildman–Crippen MR) is 76.7 cm³/mol. The Morgan fingerprint density at radius 2 is 1.79 bits per heavy atom. The Balaban J connectivity index is 3.05. The van der Waals surface area contributed by atoms with Gasteiger partial charge in [0.2, 0.25) is 0 Å². The lowest BCUT2D eigenvalue weighted by Crippen LogP contribution is -2.25. The first kappa shape index (κ1) is 20.2. The summed E-state index contributed by atoms with van der Waals surface area (Å²) in [6, 6.07) is 2.41. The summed E-state index contributed by atoms with van der Waals surface area (Å²) in [6.45, 7) is 3.92. The van der Waals surface area contributed by atoms with Gasteiger partial charge in [-0.25, -0.2) is 13.2 Å². The number of rotatable bonds is 5. The summed E-state index contributed by atoms with van der Waals surface area (Å²) in [5.41, 5.74) is -2.26. The third-order valence-corrected chi connectivity index (χ3v) is 3.17. The zero-order valence-electron chi connectivity index (χ0n) is 13.1. The van der Waals surface area contributed by atoms with E-state index < -0.39 is 51.5 Å². The molecular weight excluding hydrogens is 353 g/mol. The molecule has 0 aliphatic rings. The van der Waals surface area contributed by atoms with Crippen molar-refractivity contribution in [2.45, 2.75) is 32.5 Å². The summed E-state index contributed by atoms with van der Waals surface area (Å²) < 4.78 is 80.0. The fourth-order valence-corrected chi connectivity index (χ4v) is 1.91. The Hall–Kier alpha value is -1.81. The van der Waals surface area contributed by atoms with Gasteiger partial charge in [0.25, 0.3) is 0 Å². The van der Waals surface area contributed by atoms with Crippen molar-refractivity contribution < 1.29 is 40.4 Å². The average molecular weight is 369 g/mol. The highest BCUT2D eigenvalue weighted by Crippen LogP contribution is 2.38. The highest BCUT2D eigenvalue weighted by Gasteiger charge is 2.36. The maximum atomic E-state index is 13.0. The van der Waals surface area contributed by atoms with Crippen LogP contribution in [0.15, 0.2) is 18.2 Å². The second-order valence-electron chi connectivity index (χ2n) is 5.82. The van der Waals surface area contributed by atoms with Gasteiger partial charge in [-0.05, 0) is 39.0 Å². The molecule has 136 valence electrons. The van der Waals surface area contributed by atoms with Crippen molar-refractivity contribution in [1.29, 1.82) is 0 Å². The monoisotopic (exact) mass is 369 g/mol. The molecule has 0 spiro atoms. The van der Waals surface area contributed by atoms with Crippen LogP contribution < -0.4 is 4.74 Å². The quantitative estimate of drug-likeness (QED) is 0.585. The maximum absolute atomic E-state index is 13.0. The van der Waals surface area contributed by atoms with Crippen molar-refractivity contribution >= 4 is 16.1 Å². The smallest absolute Gasteiger partial charge is 0.419 e. The third kappa shape index (κ3) is 6.75. The highest BCUT2D eigenvalue weighted by atomic mass is 32.2. The number of alkyl halides is 3. The molecule has 0 heterocycles. The molecule has 24 heavy (non-hydrogen) atoms. The molecule has 0 atom stereocenters. The lowest BCUT2D eigenvalue weighted by atomic mass is 10.1. The molecule has 0 aliphatic carbocycles. The molecule has 0 saturated heterocycles. The van der Waals surface area contributed by atoms with Gasteiger partial charge in [-0.3, -0.25) is 0 Å². The van der Waals surface area contributed by atoms with Gasteiger partial charge in [-0.2, -0.15) is 13.2 Å². The van der Waals surface area contributed by atoms with E-state index >= 15 is 0 Å². The summed E-state index contributed by atoms with van der Waals surface area (Å²) in [5.74, 6) is -2.54. The van der Waals surface area contributed by atoms with Crippen LogP contribution >= 0.6 is 0 Å². The summed E-state index contributed by atoms with van der Waals surface area (Å²) in [7, 11) is -4.56. The van der Waals surface area contributed by atoms with Crippen LogP contribution in [0.1, 0.15) is 36.7 Å². The van der Waals surface area contributed by atoms with Crippen molar-refractivity contribution in [1.82, 2.24) is 0 Å². The molecule has 1 aromatic carbocycles. The van der Waals surface area contributed by atoms with Crippen molar-refractivity contribution in [3.63, 3.8) is 0 Å². The summed E-state index contributed by atoms with van der Waals surface area (Å²) in [4.78, 5) is 11.8. The number of carbonyl (C=O) groups excluding carboxylic acids is 1. The van der Waals surface area contributed by atoms with E-state index in [1.165, 1.54) is 20.8 Å². The van der Waals surface area contributed by atoms with Gasteiger partial charge in [0.1, 0.15) is 18.0 Å². The summed E-state index contributed by atoms with van der Waals surface area (Å²) in [6.07, 6.45) is -4.68. The van der Waals surface area contributed by atoms with Crippen molar-refractivity contribution in [2.75, 3.05) is 12.4 Å². The number of halogens is 3. The molecule has 0 N–H and O–H groups in total. The van der Waals surface area contributed by atoms with Gasteiger partial charge in [0.05, 0.1) is 27.0 Å². The lowest BCUT2D eigenvalue weighted by Gasteiger charge is -2.24. The first-order valence-corrected chi connectivity index (χ1v) is 8.28. The Morgan fingerprint density at radius 3 is 2.25 bits per heavy atom. The third-order valence-electron chi connectivity index (χ3n) is 2.51. The fourth-order valence-electron chi connectivity index (χ4n) is 1.62. The zero-order chi connectivity index (χ0) is 18.8. The number of esters is 1. The number of ether oxygens (including phenoxy) is 2. The van der Waals surface area contributed by atoms with E-state index in [9.17, 15) is 30.9 Å². The van der Waals surface area contributed by atoms with Crippen molar-refractivity contribution in [3.8, 4) is 5.75 Å². The van der Waals surface area contributed by atoms with Gasteiger partial charge in [0.15, 0.2) is 0 Å². The lowest BCUT2D eigenvalue weighted by molar-refractivity contribution is -0.139. The van der Waals surface area contributed by atoms with E-state index in [-0.39, 0.29) is 5.56 Å². The minimum atomic E-state index is -4.68. The van der Waals surface area contributed by atoms with E-state index in [4.69, 9.17) is 4.74 Å². The van der Waals surface area contributed by atoms with Gasteiger partial charge in [-0.15, -0.1) is 0 Å². The fraction of sp³-hybridized carbons (Fsp3) is 0.500. The van der Waals surface area contributed by atoms with E-state index in [1.54, 1.807) is 0 Å². The Labute approximate surface area is 137 Å². The summed E-state index contributed by atoms with van der Waals surface area (Å²) >= 11 is 0. The standard InChI is InChI=1S/C14H17F3O6S/c1-13(2,3)23-11-8-9(4-5-10(11)14(15,16)17)12(18)22-6-7-24(19,20)21/h4-5,8H,6-7H2,1-3H3,(H,19,20,21)/p-1. The van der Waals surface area contributed by atoms with Gasteiger partial charge in [-0.1, -0.05) is 0 Å². The second kappa shape index (κ2) is 6.98. The van der Waals surface area contributed by atoms with Crippen LogP contribution in [0.4, 0.5) is 13.2 Å². The van der Waals surface area contributed by atoms with Crippen LogP contribution in [-0.4, -0.2) is 36.9 Å². The Morgan fingerprint density at radius 1 is 1.21 bits per heavy atom. The highest BCUT2D eigenvalue weighted by molar-refractivity contribution is 7.85. The van der Waals surface area contributed by atoms with Crippen LogP contribution in [-0.2, 0) is 21.0 Å². The minimum absolute atomic E-state index is 0.259. The first-order valence-electron chi connectivity index (χ1n) is 6.70. The van der Waals surface area contributed by atoms with Crippen LogP contribution in [0.25, 0.3) is 0 Å². The molecule has 0 amide bonds. The van der Waals surface area contributed by atoms with E-state index in [1.807, 2.05) is 0 Å². The Bertz CT molecular complexity index is 704. The van der Waals surface area contributed by atoms with Crippen LogP contribution in [0.2, 0.25) is 0 Å². The van der Waals surface area contributed by atoms with Crippen LogP contribution in [0, 0.1) is 0 Å². The van der Waals surface area contributed by atoms with Crippen molar-refractivity contribution in [2.24, 2.45) is 0 Å². The maximum Gasteiger partial charge on any atom is 0.419 e. The topological polar surface area (TPSA) is 92.7 Å². The van der Waals surface area contributed by atoms with Crippen molar-refractivity contribution in [3.05, 3.63) is 29.3 Å². The Kier molecular flexibility index (Phi) is 5.88. The molecule has 0 aliphatic heterocycles. The van der Waals surface area contributed by atoms with Crippen LogP contribution in [0.5, 0.6) is 5.75 Å². The van der Waals surface area contributed by atoms with Gasteiger partial charge >= 0.3 is 12.1 Å². The summed E-state index contributed by atoms with van der Waals surface area (Å²) in [5, 5.41) is 0. The van der Waals surface area contributed by atoms with Gasteiger partial charge in [0, 0.05) is 0 Å². The molecule has 0 radical (unpaired) electrons.